The van der Waals surface area contributed by atoms with Crippen LogP contribution in [0.4, 0.5) is 5.69 Å². The minimum absolute atomic E-state index is 0.0359. The third-order valence-electron chi connectivity index (χ3n) is 9.87. The van der Waals surface area contributed by atoms with Crippen LogP contribution in [-0.4, -0.2) is 35.2 Å². The van der Waals surface area contributed by atoms with E-state index in [9.17, 15) is 19.2 Å². The van der Waals surface area contributed by atoms with Crippen LogP contribution < -0.4 is 22.1 Å². The zero-order valence-electron chi connectivity index (χ0n) is 26.6. The summed E-state index contributed by atoms with van der Waals surface area (Å²) < 4.78 is 5.08. The van der Waals surface area contributed by atoms with E-state index in [2.05, 4.69) is 15.6 Å². The van der Waals surface area contributed by atoms with Crippen LogP contribution in [0, 0.1) is 24.7 Å². The van der Waals surface area contributed by atoms with Gasteiger partial charge in [-0.1, -0.05) is 41.9 Å². The van der Waals surface area contributed by atoms with E-state index >= 15 is 0 Å². The number of H-pyrrole nitrogens is 1. The van der Waals surface area contributed by atoms with E-state index in [0.29, 0.717) is 35.7 Å². The Morgan fingerprint density at radius 1 is 1.00 bits per heavy atom. The number of nitrogens with two attached hydrogens (primary N) is 1. The topological polar surface area (TPSA) is 147 Å². The van der Waals surface area contributed by atoms with Gasteiger partial charge in [0, 0.05) is 35.5 Å². The van der Waals surface area contributed by atoms with Gasteiger partial charge in [0.05, 0.1) is 10.5 Å². The van der Waals surface area contributed by atoms with Crippen molar-refractivity contribution in [1.82, 2.24) is 10.3 Å². The molecule has 5 N–H and O–H groups in total. The quantitative estimate of drug-likeness (QED) is 0.144. The number of nitrogens with one attached hydrogen (secondary N) is 3. The third-order valence-corrected chi connectivity index (χ3v) is 10.2. The molecule has 2 amide bonds. The molecule has 2 aliphatic rings. The van der Waals surface area contributed by atoms with Gasteiger partial charge in [-0.15, -0.1) is 0 Å². The molecule has 0 spiro atoms. The monoisotopic (exact) mass is 656 g/mol. The van der Waals surface area contributed by atoms with Crippen LogP contribution in [0.5, 0.6) is 0 Å². The zero-order valence-corrected chi connectivity index (χ0v) is 27.3. The number of fused-ring (bicyclic) bond motifs is 1. The predicted octanol–water partition coefficient (Wildman–Crippen LogP) is 6.55. The summed E-state index contributed by atoms with van der Waals surface area (Å²) in [5.74, 6) is -1.11. The van der Waals surface area contributed by atoms with Crippen molar-refractivity contribution in [2.75, 3.05) is 11.9 Å². The number of rotatable bonds is 11. The van der Waals surface area contributed by atoms with Crippen molar-refractivity contribution in [3.05, 3.63) is 86.9 Å². The van der Waals surface area contributed by atoms with E-state index in [1.807, 2.05) is 49.4 Å². The fourth-order valence-electron chi connectivity index (χ4n) is 6.78. The number of benzene rings is 3. The number of halogens is 1. The lowest BCUT2D eigenvalue weighted by Crippen LogP contribution is -2.39. The molecule has 0 unspecified atom stereocenters. The highest BCUT2D eigenvalue weighted by molar-refractivity contribution is 6.35. The third kappa shape index (κ3) is 7.68. The van der Waals surface area contributed by atoms with Crippen molar-refractivity contribution in [2.45, 2.75) is 70.8 Å². The minimum Gasteiger partial charge on any atom is -0.406 e. The second kappa shape index (κ2) is 14.3. The van der Waals surface area contributed by atoms with Crippen molar-refractivity contribution >= 4 is 46.0 Å². The molecule has 0 radical (unpaired) electrons. The molecule has 0 aliphatic heterocycles. The first-order valence-corrected chi connectivity index (χ1v) is 16.9. The minimum atomic E-state index is -0.637. The maximum Gasteiger partial charge on any atom is 0.417 e. The first-order valence-electron chi connectivity index (χ1n) is 16.5. The van der Waals surface area contributed by atoms with Gasteiger partial charge >= 0.3 is 5.76 Å². The first-order chi connectivity index (χ1) is 22.7. The van der Waals surface area contributed by atoms with Crippen LogP contribution in [-0.2, 0) is 16.0 Å². The molecule has 0 saturated heterocycles. The molecule has 0 bridgehead atoms. The summed E-state index contributed by atoms with van der Waals surface area (Å²) >= 11 is 6.32. The number of ketones is 1. The van der Waals surface area contributed by atoms with Crippen LogP contribution in [0.2, 0.25) is 5.02 Å². The molecule has 1 aromatic heterocycles. The summed E-state index contributed by atoms with van der Waals surface area (Å²) in [7, 11) is 0. The molecule has 47 heavy (non-hydrogen) atoms. The summed E-state index contributed by atoms with van der Waals surface area (Å²) in [6.45, 7) is 2.63. The Labute approximate surface area is 278 Å². The Hall–Kier alpha value is -4.21. The molecule has 1 heterocycles. The van der Waals surface area contributed by atoms with Crippen LogP contribution >= 0.6 is 11.6 Å². The molecule has 246 valence electrons. The molecule has 6 rings (SSSR count). The molecule has 2 aliphatic carbocycles. The smallest absolute Gasteiger partial charge is 0.406 e. The Bertz CT molecular complexity index is 1830. The normalized spacial score (nSPS) is 18.8. The Morgan fingerprint density at radius 2 is 1.74 bits per heavy atom. The number of aromatic amines is 1. The van der Waals surface area contributed by atoms with E-state index in [-0.39, 0.29) is 46.6 Å². The summed E-state index contributed by atoms with van der Waals surface area (Å²) in [6, 6.07) is 17.2. The maximum absolute atomic E-state index is 13.7. The van der Waals surface area contributed by atoms with E-state index in [0.717, 1.165) is 67.2 Å². The number of anilines is 1. The number of oxazole rings is 1. The van der Waals surface area contributed by atoms with Crippen molar-refractivity contribution in [3.8, 4) is 11.1 Å². The molecule has 9 nitrogen and oxygen atoms in total. The van der Waals surface area contributed by atoms with Gasteiger partial charge in [-0.3, -0.25) is 19.4 Å². The van der Waals surface area contributed by atoms with Gasteiger partial charge in [-0.2, -0.15) is 0 Å². The lowest BCUT2D eigenvalue weighted by atomic mass is 9.77. The first kappa shape index (κ1) is 32.7. The van der Waals surface area contributed by atoms with Crippen LogP contribution in [0.15, 0.2) is 63.8 Å². The number of Topliss-reactive ketones (excluding diaryl/α,β-unsaturated/α-hetero) is 1. The molecule has 10 heteroatoms. The second-order valence-corrected chi connectivity index (χ2v) is 13.6. The number of aryl methyl sites for hydroxylation is 1. The number of aromatic nitrogens is 1. The van der Waals surface area contributed by atoms with Crippen molar-refractivity contribution in [3.63, 3.8) is 0 Å². The number of amides is 2. The lowest BCUT2D eigenvalue weighted by molar-refractivity contribution is -0.129. The Morgan fingerprint density at radius 3 is 2.40 bits per heavy atom. The molecule has 2 fully saturated rings. The lowest BCUT2D eigenvalue weighted by Gasteiger charge is -2.27. The Kier molecular flexibility index (Phi) is 9.94. The zero-order chi connectivity index (χ0) is 33.1. The fraction of sp³-hybridized carbons (Fsp3) is 0.405. The number of hydrogen-bond acceptors (Lipinski definition) is 6. The highest BCUT2D eigenvalue weighted by atomic mass is 35.5. The van der Waals surface area contributed by atoms with Gasteiger partial charge in [0.15, 0.2) is 5.58 Å². The van der Waals surface area contributed by atoms with Gasteiger partial charge < -0.3 is 20.8 Å². The largest absolute Gasteiger partial charge is 0.417 e. The molecule has 3 aromatic carbocycles. The second-order valence-electron chi connectivity index (χ2n) is 13.2. The number of hydrogen-bond donors (Lipinski definition) is 4. The molecule has 1 atom stereocenters. The summed E-state index contributed by atoms with van der Waals surface area (Å²) in [4.78, 5) is 54.2. The average Bonchev–Trinajstić information content (AvgIpc) is 3.43. The van der Waals surface area contributed by atoms with Crippen molar-refractivity contribution < 1.29 is 18.8 Å². The summed E-state index contributed by atoms with van der Waals surface area (Å²) in [5, 5.41) is 6.21. The van der Waals surface area contributed by atoms with Gasteiger partial charge in [-0.05, 0) is 117 Å². The van der Waals surface area contributed by atoms with E-state index in [1.165, 1.54) is 6.07 Å². The molecule has 2 saturated carbocycles. The number of carbonyl (C=O) groups excluding carboxylic acids is 3. The molecular formula is C37H41ClN4O5. The highest BCUT2D eigenvalue weighted by Gasteiger charge is 2.30. The van der Waals surface area contributed by atoms with Crippen LogP contribution in [0.25, 0.3) is 22.2 Å². The summed E-state index contributed by atoms with van der Waals surface area (Å²) in [6.07, 6.45) is 7.18. The van der Waals surface area contributed by atoms with Crippen LogP contribution in [0.1, 0.15) is 72.9 Å². The predicted molar refractivity (Wildman–Crippen MR) is 184 cm³/mol. The van der Waals surface area contributed by atoms with E-state index < -0.39 is 11.7 Å². The Balaban J connectivity index is 1.18. The summed E-state index contributed by atoms with van der Waals surface area (Å²) in [5.41, 5.74) is 11.5. The number of carbonyl (C=O) groups is 3. The van der Waals surface area contributed by atoms with E-state index in [4.69, 9.17) is 21.8 Å². The highest BCUT2D eigenvalue weighted by Crippen LogP contribution is 2.32. The fourth-order valence-corrected chi connectivity index (χ4v) is 7.03. The SMILES string of the molecule is Cc1cc(C(=O)NC2CCC2)ccc1-c1ccc(C[C@H](CC(=O)C2CCC(CN)CC2)C(=O)Nc2cc(Cl)c3oc(=O)[nH]c3c2)cc1. The van der Waals surface area contributed by atoms with Crippen molar-refractivity contribution in [2.24, 2.45) is 23.5 Å². The van der Waals surface area contributed by atoms with E-state index in [1.54, 1.807) is 6.07 Å². The van der Waals surface area contributed by atoms with Gasteiger partial charge in [0.2, 0.25) is 5.91 Å². The van der Waals surface area contributed by atoms with Gasteiger partial charge in [-0.25, -0.2) is 4.79 Å². The van der Waals surface area contributed by atoms with Gasteiger partial charge in [0.1, 0.15) is 5.78 Å². The standard InChI is InChI=1S/C37H41ClN4O5/c1-21-15-26(35(44)40-28-3-2-4-28)13-14-30(21)24-9-5-22(6-10-24)16-27(17-33(43)25-11-7-23(20-39)8-12-25)36(45)41-29-18-31(38)34-32(19-29)42-37(46)47-34/h5-6,9-10,13-15,18-19,23,25,27-28H,2-4,7-8,11-12,16-17,20,39H2,1H3,(H,40,44)(H,41,45)(H,42,46)/t23?,25?,27-/m1/s1. The molecule has 4 aromatic rings. The molecular weight excluding hydrogens is 616 g/mol. The van der Waals surface area contributed by atoms with Crippen molar-refractivity contribution in [1.29, 1.82) is 0 Å². The average molecular weight is 657 g/mol. The van der Waals surface area contributed by atoms with Crippen LogP contribution in [0.3, 0.4) is 0 Å². The van der Waals surface area contributed by atoms with Gasteiger partial charge in [0.25, 0.3) is 5.91 Å². The maximum atomic E-state index is 13.7.